The molecule has 0 aromatic carbocycles. The largest absolute Gasteiger partial charge is 0.472 e. The van der Waals surface area contributed by atoms with Crippen LogP contribution in [0.2, 0.25) is 0 Å². The molecular formula is C89H152O16P2. The van der Waals surface area contributed by atoms with Gasteiger partial charge in [-0.2, -0.15) is 0 Å². The van der Waals surface area contributed by atoms with Gasteiger partial charge in [-0.05, 0) is 141 Å². The van der Waals surface area contributed by atoms with Gasteiger partial charge in [-0.25, -0.2) is 9.13 Å². The maximum absolute atomic E-state index is 13.0. The number of carbonyl (C=O) groups is 3. The van der Waals surface area contributed by atoms with E-state index in [1.807, 2.05) is 0 Å². The molecule has 0 radical (unpaired) electrons. The summed E-state index contributed by atoms with van der Waals surface area (Å²) in [6.07, 6.45) is 100. The van der Waals surface area contributed by atoms with Crippen molar-refractivity contribution in [2.75, 3.05) is 39.6 Å². The first-order chi connectivity index (χ1) is 52.2. The third-order valence-corrected chi connectivity index (χ3v) is 19.4. The number of carbonyl (C=O) groups excluding carboxylic acids is 3. The standard InChI is InChI=1S/C89H152O16P2/c1-4-7-10-13-16-19-22-25-28-31-33-35-37-38-39-40-41-42-43-44-46-48-49-52-54-57-60-63-66-69-72-75-87(92)99-78-84(90)79-101-106(95,96)102-80-85(91)81-103-107(97,98)104-83-86(105-89(94)77-74-71-68-65-62-59-56-51-30-27-24-21-18-15-12-9-6-3)82-100-88(93)76-73-70-67-64-61-58-55-53-50-47-45-36-34-32-29-26-23-20-17-14-11-8-5-2/h8-9,11-12,16-21,25-30,33-36,38-39,47,50,84-86,90-91H,4-7,10,13-15,22-24,31-32,37,40-46,48-49,51-83H2,1-3H3,(H,95,96)(H,97,98)/b11-8-,12-9-,19-16-,20-17-,21-18-,28-25-,29-26-,30-27-,35-33-,36-34-,39-38-,50-47-. The van der Waals surface area contributed by atoms with Crippen molar-refractivity contribution in [1.29, 1.82) is 0 Å². The molecule has 0 rings (SSSR count). The van der Waals surface area contributed by atoms with E-state index in [9.17, 15) is 43.5 Å². The van der Waals surface area contributed by atoms with E-state index in [0.29, 0.717) is 19.3 Å². The van der Waals surface area contributed by atoms with E-state index < -0.39 is 91.5 Å². The summed E-state index contributed by atoms with van der Waals surface area (Å²) in [6.45, 7) is 2.43. The highest BCUT2D eigenvalue weighted by Gasteiger charge is 2.29. The Kier molecular flexibility index (Phi) is 77.5. The average molecular weight is 1540 g/mol. The van der Waals surface area contributed by atoms with E-state index in [0.717, 1.165) is 180 Å². The van der Waals surface area contributed by atoms with E-state index in [4.69, 9.17) is 32.3 Å². The fraction of sp³-hybridized carbons (Fsp3) is 0.697. The van der Waals surface area contributed by atoms with Gasteiger partial charge >= 0.3 is 33.6 Å². The Labute approximate surface area is 651 Å². The number of esters is 3. The second-order valence-electron chi connectivity index (χ2n) is 27.9. The number of ether oxygens (including phenoxy) is 3. The molecule has 0 saturated heterocycles. The quantitative estimate of drug-likeness (QED) is 0.0146. The molecule has 0 fully saturated rings. The van der Waals surface area contributed by atoms with Gasteiger partial charge in [-0.15, -0.1) is 0 Å². The van der Waals surface area contributed by atoms with Gasteiger partial charge in [0.25, 0.3) is 0 Å². The lowest BCUT2D eigenvalue weighted by atomic mass is 10.0. The van der Waals surface area contributed by atoms with Gasteiger partial charge in [-0.1, -0.05) is 327 Å². The van der Waals surface area contributed by atoms with Gasteiger partial charge in [0, 0.05) is 19.3 Å². The second kappa shape index (κ2) is 80.9. The van der Waals surface area contributed by atoms with Crippen molar-refractivity contribution in [3.63, 3.8) is 0 Å². The Balaban J connectivity index is 4.54. The molecule has 5 unspecified atom stereocenters. The molecule has 0 spiro atoms. The summed E-state index contributed by atoms with van der Waals surface area (Å²) in [7, 11) is -9.81. The van der Waals surface area contributed by atoms with E-state index in [1.54, 1.807) is 0 Å². The van der Waals surface area contributed by atoms with Crippen molar-refractivity contribution in [2.45, 2.75) is 360 Å². The van der Waals surface area contributed by atoms with Crippen LogP contribution in [0.1, 0.15) is 342 Å². The van der Waals surface area contributed by atoms with Gasteiger partial charge in [0.2, 0.25) is 0 Å². The summed E-state index contributed by atoms with van der Waals surface area (Å²) in [6, 6.07) is 0. The summed E-state index contributed by atoms with van der Waals surface area (Å²) in [5.41, 5.74) is 0. The normalized spacial score (nSPS) is 14.6. The maximum atomic E-state index is 13.0. The monoisotopic (exact) mass is 1540 g/mol. The van der Waals surface area contributed by atoms with Crippen LogP contribution < -0.4 is 0 Å². The predicted molar refractivity (Wildman–Crippen MR) is 445 cm³/mol. The first kappa shape index (κ1) is 102. The van der Waals surface area contributed by atoms with Crippen molar-refractivity contribution < 1.29 is 75.8 Å². The summed E-state index contributed by atoms with van der Waals surface area (Å²) in [5, 5.41) is 20.7. The number of phosphoric acid groups is 2. The van der Waals surface area contributed by atoms with Crippen LogP contribution >= 0.6 is 15.6 Å². The van der Waals surface area contributed by atoms with Crippen LogP contribution in [-0.4, -0.2) is 95.9 Å². The minimum absolute atomic E-state index is 0.0871. The Morgan fingerprint density at radius 2 is 0.495 bits per heavy atom. The van der Waals surface area contributed by atoms with Crippen LogP contribution in [0.3, 0.4) is 0 Å². The van der Waals surface area contributed by atoms with E-state index in [2.05, 4.69) is 167 Å². The van der Waals surface area contributed by atoms with E-state index >= 15 is 0 Å². The van der Waals surface area contributed by atoms with Gasteiger partial charge in [0.15, 0.2) is 6.10 Å². The molecule has 4 N–H and O–H groups in total. The molecule has 0 bridgehead atoms. The molecule has 16 nitrogen and oxygen atoms in total. The second-order valence-corrected chi connectivity index (χ2v) is 30.8. The lowest BCUT2D eigenvalue weighted by molar-refractivity contribution is -0.161. The van der Waals surface area contributed by atoms with Gasteiger partial charge < -0.3 is 34.2 Å². The molecule has 0 aliphatic heterocycles. The Hall–Kier alpha value is -4.57. The first-order valence-electron chi connectivity index (χ1n) is 42.1. The Morgan fingerprint density at radius 1 is 0.271 bits per heavy atom. The Morgan fingerprint density at radius 3 is 0.785 bits per heavy atom. The molecule has 0 amide bonds. The minimum Gasteiger partial charge on any atom is -0.463 e. The van der Waals surface area contributed by atoms with Crippen LogP contribution in [-0.2, 0) is 55.8 Å². The third kappa shape index (κ3) is 82.2. The highest BCUT2D eigenvalue weighted by atomic mass is 31.2. The number of unbranched alkanes of at least 4 members (excludes halogenated alkanes) is 32. The smallest absolute Gasteiger partial charge is 0.463 e. The van der Waals surface area contributed by atoms with Gasteiger partial charge in [0.05, 0.1) is 26.4 Å². The maximum Gasteiger partial charge on any atom is 0.472 e. The molecule has 18 heteroatoms. The molecule has 0 heterocycles. The summed E-state index contributed by atoms with van der Waals surface area (Å²) < 4.78 is 61.3. The number of rotatable bonds is 79. The molecule has 614 valence electrons. The number of aliphatic hydroxyl groups is 2. The molecule has 107 heavy (non-hydrogen) atoms. The number of phosphoric ester groups is 2. The van der Waals surface area contributed by atoms with Crippen LogP contribution in [0.25, 0.3) is 0 Å². The van der Waals surface area contributed by atoms with Crippen molar-refractivity contribution in [1.82, 2.24) is 0 Å². The fourth-order valence-electron chi connectivity index (χ4n) is 11.2. The molecule has 0 saturated carbocycles. The van der Waals surface area contributed by atoms with Crippen molar-refractivity contribution in [3.05, 3.63) is 146 Å². The third-order valence-electron chi connectivity index (χ3n) is 17.5. The molecule has 5 atom stereocenters. The number of allylic oxidation sites excluding steroid dienone is 24. The van der Waals surface area contributed by atoms with Crippen molar-refractivity contribution >= 4 is 33.6 Å². The van der Waals surface area contributed by atoms with Crippen LogP contribution in [0.4, 0.5) is 0 Å². The lowest BCUT2D eigenvalue weighted by Gasteiger charge is -2.21. The molecule has 0 aromatic rings. The topological polar surface area (TPSA) is 231 Å². The minimum atomic E-state index is -4.94. The van der Waals surface area contributed by atoms with Crippen LogP contribution in [0.15, 0.2) is 146 Å². The summed E-state index contributed by atoms with van der Waals surface area (Å²) >= 11 is 0. The highest BCUT2D eigenvalue weighted by Crippen LogP contribution is 2.45. The van der Waals surface area contributed by atoms with Gasteiger partial charge in [0.1, 0.15) is 25.4 Å². The van der Waals surface area contributed by atoms with Crippen molar-refractivity contribution in [3.8, 4) is 0 Å². The fourth-order valence-corrected chi connectivity index (χ4v) is 12.8. The van der Waals surface area contributed by atoms with Crippen LogP contribution in [0, 0.1) is 0 Å². The zero-order valence-electron chi connectivity index (χ0n) is 67.3. The highest BCUT2D eigenvalue weighted by molar-refractivity contribution is 7.47. The van der Waals surface area contributed by atoms with Crippen molar-refractivity contribution in [2.24, 2.45) is 0 Å². The molecule has 0 aromatic heterocycles. The summed E-state index contributed by atoms with van der Waals surface area (Å²) in [4.78, 5) is 58.8. The van der Waals surface area contributed by atoms with E-state index in [-0.39, 0.29) is 19.3 Å². The van der Waals surface area contributed by atoms with Gasteiger partial charge in [-0.3, -0.25) is 32.5 Å². The number of hydrogen-bond acceptors (Lipinski definition) is 14. The Bertz CT molecular complexity index is 2530. The van der Waals surface area contributed by atoms with Crippen LogP contribution in [0.5, 0.6) is 0 Å². The lowest BCUT2D eigenvalue weighted by Crippen LogP contribution is -2.30. The zero-order chi connectivity index (χ0) is 78.0. The number of hydrogen-bond donors (Lipinski definition) is 4. The average Bonchev–Trinajstić information content (AvgIpc) is 0.927. The zero-order valence-corrected chi connectivity index (χ0v) is 69.1. The SMILES string of the molecule is CC/C=C\C/C=C\C/C=C\C/C=C\C/C=C\CCCCCCCCCC(=O)OCC(COP(=O)(O)OCC(O)COP(=O)(O)OCC(O)COC(=O)CCCCCCCCCCCCCCCCC/C=C\C/C=C\C/C=C\C/C=C\CCCCC)OC(=O)CCCCCCCCC/C=C\C/C=C\C/C=C\CC. The van der Waals surface area contributed by atoms with E-state index in [1.165, 1.54) is 103 Å². The molecule has 0 aliphatic rings. The first-order valence-corrected chi connectivity index (χ1v) is 45.1. The summed E-state index contributed by atoms with van der Waals surface area (Å²) in [5.74, 6) is -1.60. The molecular weight excluding hydrogens is 1390 g/mol. The molecule has 0 aliphatic carbocycles. The predicted octanol–water partition coefficient (Wildman–Crippen LogP) is 25.2. The number of aliphatic hydroxyl groups excluding tert-OH is 2.